The average Bonchev–Trinajstić information content (AvgIpc) is 3.18. The van der Waals surface area contributed by atoms with Crippen LogP contribution >= 0.6 is 11.3 Å². The molecule has 0 spiro atoms. The first-order valence-electron chi connectivity index (χ1n) is 7.24. The highest BCUT2D eigenvalue weighted by Crippen LogP contribution is 2.28. The Labute approximate surface area is 131 Å². The van der Waals surface area contributed by atoms with Crippen molar-refractivity contribution >= 4 is 33.2 Å². The number of likely N-dealkylation sites (tertiary alicyclic amines) is 1. The van der Waals surface area contributed by atoms with E-state index in [1.807, 2.05) is 12.1 Å². The molecule has 7 heteroatoms. The average molecular weight is 319 g/mol. The molecule has 22 heavy (non-hydrogen) atoms. The molecule has 0 saturated carbocycles. The largest absolute Gasteiger partial charge is 0.395 e. The number of nitrogens with zero attached hydrogens (tertiary/aromatic N) is 2. The van der Waals surface area contributed by atoms with Gasteiger partial charge in [-0.25, -0.2) is 0 Å². The van der Waals surface area contributed by atoms with Crippen LogP contribution in [0.25, 0.3) is 10.1 Å². The number of pyridine rings is 1. The summed E-state index contributed by atoms with van der Waals surface area (Å²) in [6.45, 7) is 0.699. The lowest BCUT2D eigenvalue weighted by Crippen LogP contribution is -2.46. The minimum atomic E-state index is -0.442. The number of carbonyl (C=O) groups excluding carboxylic acids is 2. The van der Waals surface area contributed by atoms with Crippen molar-refractivity contribution < 1.29 is 14.7 Å². The molecule has 1 aliphatic rings. The van der Waals surface area contributed by atoms with Gasteiger partial charge in [0.2, 0.25) is 5.91 Å². The Balaban J connectivity index is 1.79. The van der Waals surface area contributed by atoms with Crippen molar-refractivity contribution in [1.29, 1.82) is 0 Å². The number of hydrogen-bond acceptors (Lipinski definition) is 5. The molecule has 1 aliphatic heterocycles. The van der Waals surface area contributed by atoms with Crippen LogP contribution in [0.4, 0.5) is 0 Å². The first-order valence-corrected chi connectivity index (χ1v) is 8.05. The minimum Gasteiger partial charge on any atom is -0.395 e. The number of rotatable bonds is 4. The fourth-order valence-corrected chi connectivity index (χ4v) is 3.70. The van der Waals surface area contributed by atoms with Gasteiger partial charge in [-0.05, 0) is 30.4 Å². The second-order valence-corrected chi connectivity index (χ2v) is 6.28. The van der Waals surface area contributed by atoms with Gasteiger partial charge in [0.05, 0.1) is 16.2 Å². The maximum atomic E-state index is 12.7. The van der Waals surface area contributed by atoms with Gasteiger partial charge in [0.25, 0.3) is 5.91 Å². The van der Waals surface area contributed by atoms with Gasteiger partial charge in [0.15, 0.2) is 0 Å². The van der Waals surface area contributed by atoms with Gasteiger partial charge in [-0.15, -0.1) is 11.3 Å². The molecular formula is C15H17N3O3S. The molecule has 3 heterocycles. The lowest BCUT2D eigenvalue weighted by Gasteiger charge is -2.23. The van der Waals surface area contributed by atoms with E-state index in [1.54, 1.807) is 17.3 Å². The van der Waals surface area contributed by atoms with Crippen LogP contribution in [-0.2, 0) is 4.79 Å². The van der Waals surface area contributed by atoms with Crippen molar-refractivity contribution in [2.45, 2.75) is 18.9 Å². The maximum absolute atomic E-state index is 12.7. The van der Waals surface area contributed by atoms with Crippen LogP contribution in [0.2, 0.25) is 0 Å². The third kappa shape index (κ3) is 2.82. The third-order valence-corrected chi connectivity index (χ3v) is 4.83. The molecular weight excluding hydrogens is 302 g/mol. The van der Waals surface area contributed by atoms with Gasteiger partial charge in [0, 0.05) is 25.5 Å². The molecule has 2 aromatic rings. The highest BCUT2D eigenvalue weighted by Gasteiger charge is 2.34. The Morgan fingerprint density at radius 3 is 3.14 bits per heavy atom. The number of carbonyl (C=O) groups is 2. The van der Waals surface area contributed by atoms with Crippen LogP contribution in [0, 0.1) is 0 Å². The van der Waals surface area contributed by atoms with Gasteiger partial charge in [-0.3, -0.25) is 14.6 Å². The SMILES string of the molecule is O=C(NCCO)[C@@H]1CCCN1C(=O)c1cc2ccncc2s1. The minimum absolute atomic E-state index is 0.101. The normalized spacial score (nSPS) is 17.9. The lowest BCUT2D eigenvalue weighted by molar-refractivity contribution is -0.125. The smallest absolute Gasteiger partial charge is 0.264 e. The first kappa shape index (κ1) is 14.9. The molecule has 3 rings (SSSR count). The Bertz CT molecular complexity index is 667. The van der Waals surface area contributed by atoms with Gasteiger partial charge in [0.1, 0.15) is 6.04 Å². The zero-order valence-electron chi connectivity index (χ0n) is 12.0. The van der Waals surface area contributed by atoms with Crippen LogP contribution in [0.3, 0.4) is 0 Å². The third-order valence-electron chi connectivity index (χ3n) is 3.76. The number of amides is 2. The number of hydrogen-bond donors (Lipinski definition) is 2. The molecule has 2 amide bonds. The van der Waals surface area contributed by atoms with Crippen LogP contribution in [0.1, 0.15) is 22.5 Å². The molecule has 1 fully saturated rings. The Kier molecular flexibility index (Phi) is 4.35. The van der Waals surface area contributed by atoms with E-state index in [0.29, 0.717) is 17.8 Å². The second kappa shape index (κ2) is 6.41. The van der Waals surface area contributed by atoms with Crippen molar-refractivity contribution in [2.24, 2.45) is 0 Å². The maximum Gasteiger partial charge on any atom is 0.264 e. The van der Waals surface area contributed by atoms with Crippen molar-refractivity contribution in [2.75, 3.05) is 19.7 Å². The van der Waals surface area contributed by atoms with Crippen LogP contribution in [0.15, 0.2) is 24.5 Å². The molecule has 1 saturated heterocycles. The predicted molar refractivity (Wildman–Crippen MR) is 83.8 cm³/mol. The summed E-state index contributed by atoms with van der Waals surface area (Å²) in [5.74, 6) is -0.300. The molecule has 0 aromatic carbocycles. The number of aliphatic hydroxyl groups is 1. The summed E-state index contributed by atoms with van der Waals surface area (Å²) in [5.41, 5.74) is 0. The standard InChI is InChI=1S/C15H17N3O3S/c19-7-5-17-14(20)11-2-1-6-18(11)15(21)12-8-10-3-4-16-9-13(10)22-12/h3-4,8-9,11,19H,1-2,5-7H2,(H,17,20)/t11-/m0/s1. The Hall–Kier alpha value is -1.99. The fourth-order valence-electron chi connectivity index (χ4n) is 2.71. The Morgan fingerprint density at radius 1 is 1.50 bits per heavy atom. The molecule has 116 valence electrons. The van der Waals surface area contributed by atoms with E-state index in [1.165, 1.54) is 11.3 Å². The van der Waals surface area contributed by atoms with Crippen LogP contribution in [-0.4, -0.2) is 52.5 Å². The van der Waals surface area contributed by atoms with E-state index in [0.717, 1.165) is 16.5 Å². The van der Waals surface area contributed by atoms with Crippen molar-refractivity contribution in [3.8, 4) is 0 Å². The zero-order chi connectivity index (χ0) is 15.5. The summed E-state index contributed by atoms with van der Waals surface area (Å²) in [6, 6.07) is 3.28. The summed E-state index contributed by atoms with van der Waals surface area (Å²) in [6.07, 6.45) is 4.92. The number of thiophene rings is 1. The second-order valence-electron chi connectivity index (χ2n) is 5.20. The molecule has 6 nitrogen and oxygen atoms in total. The lowest BCUT2D eigenvalue weighted by atomic mass is 10.2. The number of fused-ring (bicyclic) bond motifs is 1. The summed E-state index contributed by atoms with van der Waals surface area (Å²) in [7, 11) is 0. The van der Waals surface area contributed by atoms with E-state index in [4.69, 9.17) is 5.11 Å². The summed E-state index contributed by atoms with van der Waals surface area (Å²) in [5, 5.41) is 12.4. The molecule has 0 unspecified atom stereocenters. The highest BCUT2D eigenvalue weighted by atomic mass is 32.1. The van der Waals surface area contributed by atoms with Gasteiger partial charge in [-0.1, -0.05) is 0 Å². The number of aliphatic hydroxyl groups excluding tert-OH is 1. The summed E-state index contributed by atoms with van der Waals surface area (Å²) in [4.78, 5) is 31.1. The molecule has 1 atom stereocenters. The van der Waals surface area contributed by atoms with E-state index in [9.17, 15) is 9.59 Å². The van der Waals surface area contributed by atoms with E-state index >= 15 is 0 Å². The fraction of sp³-hybridized carbons (Fsp3) is 0.400. The molecule has 0 radical (unpaired) electrons. The number of nitrogens with one attached hydrogen (secondary N) is 1. The molecule has 2 N–H and O–H groups in total. The highest BCUT2D eigenvalue weighted by molar-refractivity contribution is 7.20. The summed E-state index contributed by atoms with van der Waals surface area (Å²) < 4.78 is 0.964. The molecule has 0 aliphatic carbocycles. The molecule has 2 aromatic heterocycles. The zero-order valence-corrected chi connectivity index (χ0v) is 12.8. The summed E-state index contributed by atoms with van der Waals surface area (Å²) >= 11 is 1.40. The predicted octanol–water partition coefficient (Wildman–Crippen LogP) is 1.01. The first-order chi connectivity index (χ1) is 10.7. The number of aromatic nitrogens is 1. The molecule has 0 bridgehead atoms. The van der Waals surface area contributed by atoms with Gasteiger partial charge >= 0.3 is 0 Å². The van der Waals surface area contributed by atoms with E-state index in [-0.39, 0.29) is 25.0 Å². The van der Waals surface area contributed by atoms with Crippen molar-refractivity contribution in [3.63, 3.8) is 0 Å². The van der Waals surface area contributed by atoms with Crippen molar-refractivity contribution in [1.82, 2.24) is 15.2 Å². The van der Waals surface area contributed by atoms with Crippen LogP contribution < -0.4 is 5.32 Å². The Morgan fingerprint density at radius 2 is 2.36 bits per heavy atom. The van der Waals surface area contributed by atoms with Crippen LogP contribution in [0.5, 0.6) is 0 Å². The van der Waals surface area contributed by atoms with Gasteiger partial charge < -0.3 is 15.3 Å². The monoisotopic (exact) mass is 319 g/mol. The topological polar surface area (TPSA) is 82.5 Å². The van der Waals surface area contributed by atoms with Gasteiger partial charge in [-0.2, -0.15) is 0 Å². The quantitative estimate of drug-likeness (QED) is 0.881. The van der Waals surface area contributed by atoms with E-state index < -0.39 is 6.04 Å². The van der Waals surface area contributed by atoms with E-state index in [2.05, 4.69) is 10.3 Å². The van der Waals surface area contributed by atoms with Crippen molar-refractivity contribution in [3.05, 3.63) is 29.4 Å².